The van der Waals surface area contributed by atoms with Crippen molar-refractivity contribution in [1.29, 1.82) is 0 Å². The lowest BCUT2D eigenvalue weighted by molar-refractivity contribution is 0.542. The van der Waals surface area contributed by atoms with Crippen LogP contribution in [0.4, 0.5) is 10.1 Å². The largest absolute Gasteiger partial charge is 0.398 e. The van der Waals surface area contributed by atoms with E-state index in [1.54, 1.807) is 16.8 Å². The maximum atomic E-state index is 13.4. The first-order valence-electron chi connectivity index (χ1n) is 6.55. The molecule has 0 amide bonds. The molecular formula is C15H14FN5. The molecule has 0 aliphatic rings. The summed E-state index contributed by atoms with van der Waals surface area (Å²) < 4.78 is 15.0. The highest BCUT2D eigenvalue weighted by atomic mass is 19.1. The van der Waals surface area contributed by atoms with Gasteiger partial charge in [-0.3, -0.25) is 0 Å². The molecule has 1 atom stereocenters. The lowest BCUT2D eigenvalue weighted by atomic mass is 10.1. The maximum absolute atomic E-state index is 13.4. The van der Waals surface area contributed by atoms with Crippen molar-refractivity contribution in [3.63, 3.8) is 0 Å². The number of rotatable bonds is 3. The number of aromatic nitrogens is 4. The molecule has 0 aliphatic heterocycles. The van der Waals surface area contributed by atoms with Crippen LogP contribution < -0.4 is 5.73 Å². The van der Waals surface area contributed by atoms with Gasteiger partial charge in [0.2, 0.25) is 0 Å². The molecule has 0 fully saturated rings. The van der Waals surface area contributed by atoms with E-state index in [2.05, 4.69) is 15.5 Å². The van der Waals surface area contributed by atoms with E-state index in [1.807, 2.05) is 31.2 Å². The Bertz CT molecular complexity index is 768. The van der Waals surface area contributed by atoms with Gasteiger partial charge in [-0.15, -0.1) is 5.10 Å². The first kappa shape index (κ1) is 13.2. The molecule has 0 bridgehead atoms. The predicted molar refractivity (Wildman–Crippen MR) is 77.9 cm³/mol. The van der Waals surface area contributed by atoms with E-state index in [1.165, 1.54) is 12.1 Å². The van der Waals surface area contributed by atoms with E-state index in [9.17, 15) is 4.39 Å². The number of tetrazole rings is 1. The Hall–Kier alpha value is -2.76. The van der Waals surface area contributed by atoms with Crippen molar-refractivity contribution in [2.45, 2.75) is 13.0 Å². The minimum Gasteiger partial charge on any atom is -0.398 e. The molecule has 3 rings (SSSR count). The van der Waals surface area contributed by atoms with Crippen molar-refractivity contribution in [3.8, 4) is 11.4 Å². The summed E-state index contributed by atoms with van der Waals surface area (Å²) in [4.78, 5) is 0. The predicted octanol–water partition coefficient (Wildman–Crippen LogP) is 2.67. The first-order valence-corrected chi connectivity index (χ1v) is 6.55. The van der Waals surface area contributed by atoms with Crippen LogP contribution in [0.2, 0.25) is 0 Å². The molecule has 5 nitrogen and oxygen atoms in total. The van der Waals surface area contributed by atoms with Crippen LogP contribution in [-0.2, 0) is 0 Å². The zero-order chi connectivity index (χ0) is 14.8. The molecule has 2 N–H and O–H groups in total. The molecule has 0 saturated carbocycles. The number of nitrogens with two attached hydrogens (primary N) is 1. The third-order valence-electron chi connectivity index (χ3n) is 3.39. The molecule has 0 saturated heterocycles. The van der Waals surface area contributed by atoms with Gasteiger partial charge in [0.25, 0.3) is 0 Å². The zero-order valence-corrected chi connectivity index (χ0v) is 11.4. The summed E-state index contributed by atoms with van der Waals surface area (Å²) in [5, 5.41) is 11.8. The second-order valence-electron chi connectivity index (χ2n) is 4.77. The molecular weight excluding hydrogens is 269 g/mol. The quantitative estimate of drug-likeness (QED) is 0.750. The summed E-state index contributed by atoms with van der Waals surface area (Å²) in [5.74, 6) is 0.276. The average Bonchev–Trinajstić information content (AvgIpc) is 2.96. The number of benzene rings is 2. The maximum Gasteiger partial charge on any atom is 0.184 e. The lowest BCUT2D eigenvalue weighted by Gasteiger charge is -2.14. The minimum absolute atomic E-state index is 0.203. The third kappa shape index (κ3) is 2.47. The lowest BCUT2D eigenvalue weighted by Crippen LogP contribution is -2.11. The van der Waals surface area contributed by atoms with Crippen molar-refractivity contribution < 1.29 is 4.39 Å². The summed E-state index contributed by atoms with van der Waals surface area (Å²) in [5.41, 5.74) is 8.12. The fourth-order valence-corrected chi connectivity index (χ4v) is 2.24. The van der Waals surface area contributed by atoms with Crippen molar-refractivity contribution >= 4 is 5.69 Å². The average molecular weight is 283 g/mol. The van der Waals surface area contributed by atoms with Crippen molar-refractivity contribution in [2.75, 3.05) is 5.73 Å². The second-order valence-corrected chi connectivity index (χ2v) is 4.77. The van der Waals surface area contributed by atoms with Gasteiger partial charge in [-0.05, 0) is 47.2 Å². The van der Waals surface area contributed by atoms with Crippen molar-refractivity contribution in [2.24, 2.45) is 0 Å². The molecule has 106 valence electrons. The highest BCUT2D eigenvalue weighted by molar-refractivity contribution is 5.71. The number of anilines is 1. The zero-order valence-electron chi connectivity index (χ0n) is 11.4. The van der Waals surface area contributed by atoms with Crippen LogP contribution in [0.25, 0.3) is 11.4 Å². The molecule has 0 radical (unpaired) electrons. The van der Waals surface area contributed by atoms with Crippen molar-refractivity contribution in [3.05, 3.63) is 59.9 Å². The van der Waals surface area contributed by atoms with Crippen LogP contribution >= 0.6 is 0 Å². The topological polar surface area (TPSA) is 69.6 Å². The number of hydrogen-bond acceptors (Lipinski definition) is 4. The summed E-state index contributed by atoms with van der Waals surface area (Å²) in [6, 6.07) is 13.6. The smallest absolute Gasteiger partial charge is 0.184 e. The van der Waals surface area contributed by atoms with Crippen LogP contribution in [0.1, 0.15) is 18.5 Å². The fourth-order valence-electron chi connectivity index (χ4n) is 2.24. The summed E-state index contributed by atoms with van der Waals surface area (Å²) in [6.45, 7) is 1.91. The van der Waals surface area contributed by atoms with E-state index in [0.29, 0.717) is 11.5 Å². The van der Waals surface area contributed by atoms with Gasteiger partial charge in [-0.1, -0.05) is 24.3 Å². The molecule has 0 spiro atoms. The Kier molecular flexibility index (Phi) is 3.35. The van der Waals surface area contributed by atoms with Crippen LogP contribution in [-0.4, -0.2) is 20.2 Å². The van der Waals surface area contributed by atoms with Gasteiger partial charge < -0.3 is 5.73 Å². The van der Waals surface area contributed by atoms with Gasteiger partial charge in [0, 0.05) is 11.3 Å². The molecule has 3 aromatic rings. The van der Waals surface area contributed by atoms with Crippen LogP contribution in [0.5, 0.6) is 0 Å². The summed E-state index contributed by atoms with van der Waals surface area (Å²) >= 11 is 0. The Morgan fingerprint density at radius 2 is 1.95 bits per heavy atom. The molecule has 0 aliphatic carbocycles. The minimum atomic E-state index is -0.284. The van der Waals surface area contributed by atoms with Crippen LogP contribution in [0.3, 0.4) is 0 Å². The first-order chi connectivity index (χ1) is 10.2. The second kappa shape index (κ2) is 5.32. The van der Waals surface area contributed by atoms with Crippen LogP contribution in [0.15, 0.2) is 48.5 Å². The fraction of sp³-hybridized carbons (Fsp3) is 0.133. The van der Waals surface area contributed by atoms with E-state index < -0.39 is 0 Å². The Morgan fingerprint density at radius 1 is 1.14 bits per heavy atom. The SMILES string of the molecule is CC(c1cccc(F)c1)n1nnnc1-c1ccccc1N. The molecule has 1 unspecified atom stereocenters. The Balaban J connectivity index is 2.05. The van der Waals surface area contributed by atoms with Gasteiger partial charge in [0.1, 0.15) is 5.82 Å². The summed E-state index contributed by atoms with van der Waals surface area (Å²) in [6.07, 6.45) is 0. The molecule has 1 heterocycles. The highest BCUT2D eigenvalue weighted by Crippen LogP contribution is 2.27. The van der Waals surface area contributed by atoms with Crippen molar-refractivity contribution in [1.82, 2.24) is 20.2 Å². The number of hydrogen-bond donors (Lipinski definition) is 1. The van der Waals surface area contributed by atoms with Crippen LogP contribution in [0, 0.1) is 5.82 Å². The van der Waals surface area contributed by atoms with Gasteiger partial charge in [-0.25, -0.2) is 9.07 Å². The molecule has 21 heavy (non-hydrogen) atoms. The summed E-state index contributed by atoms with van der Waals surface area (Å²) in [7, 11) is 0. The molecule has 2 aromatic carbocycles. The van der Waals surface area contributed by atoms with E-state index >= 15 is 0 Å². The van der Waals surface area contributed by atoms with E-state index in [-0.39, 0.29) is 11.9 Å². The third-order valence-corrected chi connectivity index (χ3v) is 3.39. The van der Waals surface area contributed by atoms with Gasteiger partial charge in [0.15, 0.2) is 5.82 Å². The van der Waals surface area contributed by atoms with E-state index in [0.717, 1.165) is 11.1 Å². The Morgan fingerprint density at radius 3 is 2.71 bits per heavy atom. The standard InChI is InChI=1S/C15H14FN5/c1-10(11-5-4-6-12(16)9-11)21-15(18-19-20-21)13-7-2-3-8-14(13)17/h2-10H,17H2,1H3. The van der Waals surface area contributed by atoms with Gasteiger partial charge >= 0.3 is 0 Å². The van der Waals surface area contributed by atoms with Gasteiger partial charge in [-0.2, -0.15) is 0 Å². The highest BCUT2D eigenvalue weighted by Gasteiger charge is 2.17. The Labute approximate surface area is 121 Å². The number of nitrogen functional groups attached to an aromatic ring is 1. The number of para-hydroxylation sites is 1. The molecule has 6 heteroatoms. The van der Waals surface area contributed by atoms with E-state index in [4.69, 9.17) is 5.73 Å². The molecule has 1 aromatic heterocycles. The number of nitrogens with zero attached hydrogens (tertiary/aromatic N) is 4. The normalized spacial score (nSPS) is 12.3. The number of halogens is 1. The monoisotopic (exact) mass is 283 g/mol. The van der Waals surface area contributed by atoms with Gasteiger partial charge in [0.05, 0.1) is 6.04 Å².